The quantitative estimate of drug-likeness (QED) is 0.505. The summed E-state index contributed by atoms with van der Waals surface area (Å²) >= 11 is 12.1. The summed E-state index contributed by atoms with van der Waals surface area (Å²) in [6.07, 6.45) is 0.287. The first kappa shape index (κ1) is 20.5. The van der Waals surface area contributed by atoms with Crippen LogP contribution in [-0.4, -0.2) is 25.0 Å². The van der Waals surface area contributed by atoms with Gasteiger partial charge < -0.3 is 14.8 Å². The van der Waals surface area contributed by atoms with Gasteiger partial charge in [0.15, 0.2) is 0 Å². The van der Waals surface area contributed by atoms with Gasteiger partial charge in [-0.05, 0) is 39.9 Å². The van der Waals surface area contributed by atoms with Crippen LogP contribution in [0.15, 0.2) is 66.7 Å². The van der Waals surface area contributed by atoms with Crippen molar-refractivity contribution in [3.05, 3.63) is 93.5 Å². The topological polar surface area (TPSA) is 55.4 Å². The molecule has 0 saturated carbocycles. The number of amides is 1. The Bertz CT molecular complexity index is 1050. The van der Waals surface area contributed by atoms with Crippen molar-refractivity contribution in [1.82, 2.24) is 5.32 Å². The molecular formula is C24H19Cl2NO3. The Kier molecular flexibility index (Phi) is 6.07. The van der Waals surface area contributed by atoms with Crippen molar-refractivity contribution in [3.8, 4) is 11.1 Å². The van der Waals surface area contributed by atoms with Crippen molar-refractivity contribution in [3.63, 3.8) is 0 Å². The van der Waals surface area contributed by atoms with Crippen molar-refractivity contribution in [2.45, 2.75) is 18.4 Å². The van der Waals surface area contributed by atoms with Crippen LogP contribution in [0.4, 0.5) is 4.79 Å². The minimum Gasteiger partial charge on any atom is -0.449 e. The first-order valence-corrected chi connectivity index (χ1v) is 10.3. The van der Waals surface area contributed by atoms with Crippen LogP contribution in [0.1, 0.15) is 22.6 Å². The largest absolute Gasteiger partial charge is 0.449 e. The fourth-order valence-electron chi connectivity index (χ4n) is 3.85. The zero-order valence-electron chi connectivity index (χ0n) is 16.0. The number of carbonyl (C=O) groups excluding carboxylic acids is 2. The second-order valence-corrected chi connectivity index (χ2v) is 8.00. The molecule has 0 heterocycles. The van der Waals surface area contributed by atoms with E-state index in [0.29, 0.717) is 16.3 Å². The van der Waals surface area contributed by atoms with Gasteiger partial charge in [-0.1, -0.05) is 77.8 Å². The van der Waals surface area contributed by atoms with Crippen molar-refractivity contribution in [2.24, 2.45) is 0 Å². The molecule has 0 spiro atoms. The molecule has 30 heavy (non-hydrogen) atoms. The van der Waals surface area contributed by atoms with Crippen LogP contribution < -0.4 is 5.32 Å². The van der Waals surface area contributed by atoms with E-state index in [1.807, 2.05) is 24.3 Å². The molecule has 0 bridgehead atoms. The van der Waals surface area contributed by atoms with Gasteiger partial charge in [-0.25, -0.2) is 4.79 Å². The van der Waals surface area contributed by atoms with Gasteiger partial charge in [-0.2, -0.15) is 0 Å². The van der Waals surface area contributed by atoms with Crippen molar-refractivity contribution in [1.29, 1.82) is 0 Å². The summed E-state index contributed by atoms with van der Waals surface area (Å²) < 4.78 is 5.50. The Labute approximate surface area is 184 Å². The standard InChI is InChI=1S/C24H19Cl2NO3/c25-16-10-9-15(23(26)12-16)11-17(13-28)27-24(29)30-14-22-20-7-3-1-5-18(20)19-6-2-4-8-21(19)22/h1-10,12-13,17,22H,11,14H2,(H,27,29)/t17-/m0/s1. The summed E-state index contributed by atoms with van der Waals surface area (Å²) in [4.78, 5) is 23.8. The van der Waals surface area contributed by atoms with Crippen LogP contribution >= 0.6 is 23.2 Å². The minimum atomic E-state index is -0.751. The average molecular weight is 440 g/mol. The second kappa shape index (κ2) is 8.90. The summed E-state index contributed by atoms with van der Waals surface area (Å²) in [5.74, 6) is -0.0384. The first-order valence-electron chi connectivity index (χ1n) is 9.57. The number of carbonyl (C=O) groups is 2. The van der Waals surface area contributed by atoms with Crippen molar-refractivity contribution < 1.29 is 14.3 Å². The maximum absolute atomic E-state index is 12.4. The van der Waals surface area contributed by atoms with Gasteiger partial charge in [0.2, 0.25) is 0 Å². The van der Waals surface area contributed by atoms with E-state index >= 15 is 0 Å². The number of aldehydes is 1. The molecule has 1 atom stereocenters. The number of benzene rings is 3. The van der Waals surface area contributed by atoms with E-state index in [2.05, 4.69) is 29.6 Å². The maximum atomic E-state index is 12.4. The Morgan fingerprint density at radius 3 is 2.23 bits per heavy atom. The second-order valence-electron chi connectivity index (χ2n) is 7.15. The molecule has 4 nitrogen and oxygen atoms in total. The highest BCUT2D eigenvalue weighted by atomic mass is 35.5. The highest BCUT2D eigenvalue weighted by Gasteiger charge is 2.29. The number of nitrogens with one attached hydrogen (secondary N) is 1. The average Bonchev–Trinajstić information content (AvgIpc) is 3.07. The van der Waals surface area contributed by atoms with Gasteiger partial charge >= 0.3 is 6.09 Å². The molecule has 0 unspecified atom stereocenters. The van der Waals surface area contributed by atoms with Gasteiger partial charge in [-0.3, -0.25) is 0 Å². The number of alkyl carbamates (subject to hydrolysis) is 1. The monoisotopic (exact) mass is 439 g/mol. The molecule has 4 rings (SSSR count). The lowest BCUT2D eigenvalue weighted by Crippen LogP contribution is -2.38. The van der Waals surface area contributed by atoms with E-state index in [0.717, 1.165) is 27.8 Å². The fourth-order valence-corrected chi connectivity index (χ4v) is 4.33. The van der Waals surface area contributed by atoms with E-state index in [4.69, 9.17) is 27.9 Å². The number of hydrogen-bond donors (Lipinski definition) is 1. The van der Waals surface area contributed by atoms with Gasteiger partial charge in [0.1, 0.15) is 12.9 Å². The van der Waals surface area contributed by atoms with Gasteiger partial charge in [0, 0.05) is 22.4 Å². The Balaban J connectivity index is 1.41. The van der Waals surface area contributed by atoms with Crippen molar-refractivity contribution in [2.75, 3.05) is 6.61 Å². The predicted molar refractivity (Wildman–Crippen MR) is 118 cm³/mol. The van der Waals surface area contributed by atoms with Gasteiger partial charge in [0.05, 0.1) is 6.04 Å². The molecule has 0 aromatic heterocycles. The van der Waals surface area contributed by atoms with Crippen LogP contribution in [0.2, 0.25) is 10.0 Å². The fraction of sp³-hybridized carbons (Fsp3) is 0.167. The smallest absolute Gasteiger partial charge is 0.407 e. The number of fused-ring (bicyclic) bond motifs is 3. The zero-order chi connectivity index (χ0) is 21.1. The summed E-state index contributed by atoms with van der Waals surface area (Å²) in [6, 6.07) is 20.5. The Morgan fingerprint density at radius 2 is 1.63 bits per heavy atom. The highest BCUT2D eigenvalue weighted by Crippen LogP contribution is 2.44. The third-order valence-corrected chi connectivity index (χ3v) is 5.85. The summed E-state index contributed by atoms with van der Waals surface area (Å²) in [5, 5.41) is 3.57. The third kappa shape index (κ3) is 4.20. The number of hydrogen-bond acceptors (Lipinski definition) is 3. The van der Waals surface area contributed by atoms with Crippen LogP contribution in [0.5, 0.6) is 0 Å². The third-order valence-electron chi connectivity index (χ3n) is 5.27. The van der Waals surface area contributed by atoms with E-state index in [-0.39, 0.29) is 18.9 Å². The lowest BCUT2D eigenvalue weighted by Gasteiger charge is -2.17. The molecular weight excluding hydrogens is 421 g/mol. The Morgan fingerprint density at radius 1 is 1.00 bits per heavy atom. The molecule has 0 aliphatic heterocycles. The Hall–Kier alpha value is -2.82. The predicted octanol–water partition coefficient (Wildman–Crippen LogP) is 5.64. The lowest BCUT2D eigenvalue weighted by molar-refractivity contribution is -0.109. The van der Waals surface area contributed by atoms with Crippen LogP contribution in [0.3, 0.4) is 0 Å². The molecule has 6 heteroatoms. The van der Waals surface area contributed by atoms with E-state index in [1.165, 1.54) is 0 Å². The molecule has 0 saturated heterocycles. The number of halogens is 2. The normalized spacial score (nSPS) is 13.3. The van der Waals surface area contributed by atoms with Crippen molar-refractivity contribution >= 4 is 35.6 Å². The van der Waals surface area contributed by atoms with Gasteiger partial charge in [0.25, 0.3) is 0 Å². The SMILES string of the molecule is O=C[C@H](Cc1ccc(Cl)cc1Cl)NC(=O)OCC1c2ccccc2-c2ccccc21. The van der Waals surface area contributed by atoms with Crippen LogP contribution in [0.25, 0.3) is 11.1 Å². The summed E-state index contributed by atoms with van der Waals surface area (Å²) in [5.41, 5.74) is 5.30. The summed E-state index contributed by atoms with van der Waals surface area (Å²) in [7, 11) is 0. The zero-order valence-corrected chi connectivity index (χ0v) is 17.5. The van der Waals surface area contributed by atoms with E-state index in [9.17, 15) is 9.59 Å². The summed E-state index contributed by atoms with van der Waals surface area (Å²) in [6.45, 7) is 0.188. The first-order chi connectivity index (χ1) is 14.6. The lowest BCUT2D eigenvalue weighted by atomic mass is 9.98. The number of rotatable bonds is 6. The maximum Gasteiger partial charge on any atom is 0.407 e. The van der Waals surface area contributed by atoms with E-state index < -0.39 is 12.1 Å². The number of ether oxygens (including phenoxy) is 1. The molecule has 0 radical (unpaired) electrons. The molecule has 1 amide bonds. The van der Waals surface area contributed by atoms with Crippen LogP contribution in [-0.2, 0) is 16.0 Å². The van der Waals surface area contributed by atoms with E-state index in [1.54, 1.807) is 18.2 Å². The molecule has 152 valence electrons. The minimum absolute atomic E-state index is 0.0384. The van der Waals surface area contributed by atoms with Crippen LogP contribution in [0, 0.1) is 0 Å². The molecule has 3 aromatic carbocycles. The molecule has 1 aliphatic carbocycles. The van der Waals surface area contributed by atoms with Gasteiger partial charge in [-0.15, -0.1) is 0 Å². The molecule has 1 aliphatic rings. The highest BCUT2D eigenvalue weighted by molar-refractivity contribution is 6.35. The molecule has 1 N–H and O–H groups in total. The molecule has 3 aromatic rings. The molecule has 0 fully saturated rings.